The number of H-pyrrole nitrogens is 1. The zero-order valence-electron chi connectivity index (χ0n) is 17.9. The zero-order chi connectivity index (χ0) is 23.0. The third kappa shape index (κ3) is 4.32. The second kappa shape index (κ2) is 8.55. The average Bonchev–Trinajstić information content (AvgIpc) is 3.38. The monoisotopic (exact) mass is 455 g/mol. The number of aromatic hydroxyl groups is 1. The topological polar surface area (TPSA) is 78.8 Å². The molecular weight excluding hydrogens is 431 g/mol. The molecule has 6 nitrogen and oxygen atoms in total. The van der Waals surface area contributed by atoms with Crippen LogP contribution in [0.5, 0.6) is 5.88 Å². The minimum Gasteiger partial charge on any atom is -0.493 e. The van der Waals surface area contributed by atoms with Crippen LogP contribution in [0.1, 0.15) is 30.4 Å². The first kappa shape index (κ1) is 21.5. The molecule has 172 valence electrons. The maximum atomic E-state index is 13.0. The van der Waals surface area contributed by atoms with Crippen molar-refractivity contribution in [3.63, 3.8) is 0 Å². The van der Waals surface area contributed by atoms with E-state index in [0.717, 1.165) is 55.5 Å². The Labute approximate surface area is 188 Å². The summed E-state index contributed by atoms with van der Waals surface area (Å²) in [5.74, 6) is 0.841. The van der Waals surface area contributed by atoms with Crippen LogP contribution in [0, 0.1) is 5.92 Å². The largest absolute Gasteiger partial charge is 0.493 e. The predicted molar refractivity (Wildman–Crippen MR) is 119 cm³/mol. The minimum atomic E-state index is -4.41. The fourth-order valence-corrected chi connectivity index (χ4v) is 4.43. The van der Waals surface area contributed by atoms with Gasteiger partial charge in [0.15, 0.2) is 0 Å². The summed E-state index contributed by atoms with van der Waals surface area (Å²) >= 11 is 0. The number of piperidine rings is 1. The van der Waals surface area contributed by atoms with Crippen LogP contribution >= 0.6 is 0 Å². The highest BCUT2D eigenvalue weighted by atomic mass is 19.4. The van der Waals surface area contributed by atoms with Crippen molar-refractivity contribution in [3.05, 3.63) is 59.7 Å². The van der Waals surface area contributed by atoms with Gasteiger partial charge in [-0.05, 0) is 69.0 Å². The third-order valence-electron chi connectivity index (χ3n) is 6.28. The van der Waals surface area contributed by atoms with E-state index in [4.69, 9.17) is 0 Å². The van der Waals surface area contributed by atoms with Crippen LogP contribution in [0.2, 0.25) is 0 Å². The number of hydrogen-bond acceptors (Lipinski definition) is 4. The quantitative estimate of drug-likeness (QED) is 0.393. The van der Waals surface area contributed by atoms with E-state index < -0.39 is 11.7 Å². The molecule has 3 N–H and O–H groups in total. The molecule has 0 radical (unpaired) electrons. The molecule has 0 spiro atoms. The van der Waals surface area contributed by atoms with Crippen molar-refractivity contribution in [2.75, 3.05) is 13.1 Å². The number of imidazole rings is 1. The van der Waals surface area contributed by atoms with Crippen molar-refractivity contribution in [2.24, 2.45) is 5.92 Å². The van der Waals surface area contributed by atoms with Gasteiger partial charge in [-0.3, -0.25) is 0 Å². The Kier molecular flexibility index (Phi) is 5.57. The molecule has 0 saturated carbocycles. The summed E-state index contributed by atoms with van der Waals surface area (Å²) in [5.41, 5.74) is 2.42. The van der Waals surface area contributed by atoms with E-state index >= 15 is 0 Å². The number of aromatic nitrogens is 4. The van der Waals surface area contributed by atoms with E-state index in [0.29, 0.717) is 35.1 Å². The van der Waals surface area contributed by atoms with E-state index in [9.17, 15) is 18.3 Å². The Hall–Kier alpha value is -3.33. The van der Waals surface area contributed by atoms with Crippen LogP contribution in [0.3, 0.4) is 0 Å². The molecule has 0 amide bonds. The summed E-state index contributed by atoms with van der Waals surface area (Å²) < 4.78 is 40.5. The van der Waals surface area contributed by atoms with Crippen molar-refractivity contribution in [1.29, 1.82) is 0 Å². The third-order valence-corrected chi connectivity index (χ3v) is 6.28. The van der Waals surface area contributed by atoms with Crippen molar-refractivity contribution in [3.8, 4) is 23.1 Å². The lowest BCUT2D eigenvalue weighted by Crippen LogP contribution is -2.27. The van der Waals surface area contributed by atoms with Crippen molar-refractivity contribution < 1.29 is 18.3 Å². The maximum absolute atomic E-state index is 13.0. The number of halogens is 3. The smallest absolute Gasteiger partial charge is 0.416 e. The Morgan fingerprint density at radius 1 is 1.03 bits per heavy atom. The zero-order valence-corrected chi connectivity index (χ0v) is 17.9. The van der Waals surface area contributed by atoms with Crippen LogP contribution in [-0.2, 0) is 12.6 Å². The van der Waals surface area contributed by atoms with Gasteiger partial charge in [-0.2, -0.15) is 23.0 Å². The Bertz CT molecular complexity index is 1220. The molecule has 2 aromatic carbocycles. The highest BCUT2D eigenvalue weighted by Gasteiger charge is 2.30. The molecule has 0 aliphatic carbocycles. The fourth-order valence-electron chi connectivity index (χ4n) is 4.43. The molecule has 5 rings (SSSR count). The van der Waals surface area contributed by atoms with Gasteiger partial charge >= 0.3 is 6.18 Å². The van der Waals surface area contributed by atoms with Gasteiger partial charge in [0.25, 0.3) is 0 Å². The highest BCUT2D eigenvalue weighted by Crippen LogP contribution is 2.36. The van der Waals surface area contributed by atoms with Crippen LogP contribution in [0.25, 0.3) is 28.2 Å². The molecule has 2 aromatic heterocycles. The lowest BCUT2D eigenvalue weighted by molar-refractivity contribution is -0.137. The molecule has 9 heteroatoms. The minimum absolute atomic E-state index is 0.0436. The lowest BCUT2D eigenvalue weighted by atomic mass is 9.90. The van der Waals surface area contributed by atoms with E-state index in [1.807, 2.05) is 24.3 Å². The van der Waals surface area contributed by atoms with Crippen LogP contribution in [-0.4, -0.2) is 37.9 Å². The number of hydrogen-bond donors (Lipinski definition) is 3. The molecule has 0 unspecified atom stereocenters. The van der Waals surface area contributed by atoms with Gasteiger partial charge in [-0.1, -0.05) is 24.3 Å². The first-order chi connectivity index (χ1) is 15.9. The molecule has 33 heavy (non-hydrogen) atoms. The first-order valence-electron chi connectivity index (χ1n) is 11.0. The summed E-state index contributed by atoms with van der Waals surface area (Å²) in [6.07, 6.45) is -0.837. The van der Waals surface area contributed by atoms with Gasteiger partial charge in [0.1, 0.15) is 5.69 Å². The first-order valence-corrected chi connectivity index (χ1v) is 11.0. The van der Waals surface area contributed by atoms with Gasteiger partial charge in [0, 0.05) is 11.1 Å². The fraction of sp³-hybridized carbons (Fsp3) is 0.333. The SMILES string of the molecule is Oc1c(CCC2CCNCC2)c(-c2ccc(C(F)(F)F)cc2)nn1-c1nc2ccccc2[nH]1. The Morgan fingerprint density at radius 2 is 1.76 bits per heavy atom. The number of nitrogens with zero attached hydrogens (tertiary/aromatic N) is 3. The number of rotatable bonds is 5. The Morgan fingerprint density at radius 3 is 2.45 bits per heavy atom. The number of benzene rings is 2. The van der Waals surface area contributed by atoms with Crippen LogP contribution < -0.4 is 5.32 Å². The van der Waals surface area contributed by atoms with Crippen LogP contribution in [0.15, 0.2) is 48.5 Å². The second-order valence-corrected chi connectivity index (χ2v) is 8.45. The van der Waals surface area contributed by atoms with Crippen molar-refractivity contribution in [2.45, 2.75) is 31.9 Å². The van der Waals surface area contributed by atoms with Crippen molar-refractivity contribution in [1.82, 2.24) is 25.1 Å². The molecular formula is C24H24F3N5O. The van der Waals surface area contributed by atoms with Crippen molar-refractivity contribution >= 4 is 11.0 Å². The molecule has 1 aliphatic heterocycles. The second-order valence-electron chi connectivity index (χ2n) is 8.45. The van der Waals surface area contributed by atoms with E-state index in [-0.39, 0.29) is 5.88 Å². The van der Waals surface area contributed by atoms with Gasteiger partial charge in [-0.25, -0.2) is 4.98 Å². The number of para-hydroxylation sites is 2. The number of fused-ring (bicyclic) bond motifs is 1. The van der Waals surface area contributed by atoms with Gasteiger partial charge < -0.3 is 15.4 Å². The summed E-state index contributed by atoms with van der Waals surface area (Å²) in [5, 5.41) is 19.0. The molecule has 0 bridgehead atoms. The average molecular weight is 455 g/mol. The van der Waals surface area contributed by atoms with E-state index in [1.165, 1.54) is 16.8 Å². The lowest BCUT2D eigenvalue weighted by Gasteiger charge is -2.22. The summed E-state index contributed by atoms with van der Waals surface area (Å²) in [7, 11) is 0. The molecule has 0 atom stereocenters. The molecule has 3 heterocycles. The normalized spacial score (nSPS) is 15.4. The predicted octanol–water partition coefficient (Wildman–Crippen LogP) is 5.07. The van der Waals surface area contributed by atoms with Gasteiger partial charge in [-0.15, -0.1) is 0 Å². The molecule has 1 saturated heterocycles. The van der Waals surface area contributed by atoms with Gasteiger partial charge in [0.2, 0.25) is 11.8 Å². The van der Waals surface area contributed by atoms with E-state index in [2.05, 4.69) is 20.4 Å². The maximum Gasteiger partial charge on any atom is 0.416 e. The number of nitrogens with one attached hydrogen (secondary N) is 2. The summed E-state index contributed by atoms with van der Waals surface area (Å²) in [4.78, 5) is 7.67. The molecule has 4 aromatic rings. The summed E-state index contributed by atoms with van der Waals surface area (Å²) in [6.45, 7) is 1.95. The standard InChI is InChI=1S/C24H24F3N5O/c25-24(26,27)17-8-6-16(7-9-17)21-18(10-5-15-11-13-28-14-12-15)22(33)32(31-21)23-29-19-3-1-2-4-20(19)30-23/h1-4,6-9,15,28,33H,5,10-14H2,(H,29,30). The molecule has 1 fully saturated rings. The summed E-state index contributed by atoms with van der Waals surface area (Å²) in [6, 6.07) is 12.4. The van der Waals surface area contributed by atoms with E-state index in [1.54, 1.807) is 0 Å². The molecule has 1 aliphatic rings. The highest BCUT2D eigenvalue weighted by molar-refractivity contribution is 5.76. The van der Waals surface area contributed by atoms with Crippen LogP contribution in [0.4, 0.5) is 13.2 Å². The number of alkyl halides is 3. The Balaban J connectivity index is 1.54. The van der Waals surface area contributed by atoms with Gasteiger partial charge in [0.05, 0.1) is 16.6 Å². The number of aromatic amines is 1.